The van der Waals surface area contributed by atoms with Crippen molar-refractivity contribution >= 4 is 17.7 Å². The Morgan fingerprint density at radius 1 is 1.26 bits per heavy atom. The summed E-state index contributed by atoms with van der Waals surface area (Å²) in [5.74, 6) is -2.36. The number of carbonyl (C=O) groups excluding carboxylic acids is 3. The van der Waals surface area contributed by atoms with Crippen LogP contribution in [-0.2, 0) is 33.3 Å². The van der Waals surface area contributed by atoms with Gasteiger partial charge in [-0.2, -0.15) is 0 Å². The predicted molar refractivity (Wildman–Crippen MR) is 105 cm³/mol. The van der Waals surface area contributed by atoms with E-state index >= 15 is 0 Å². The van der Waals surface area contributed by atoms with Crippen molar-refractivity contribution in [2.24, 2.45) is 34.0 Å². The number of hydrogen-bond donors (Lipinski definition) is 1. The van der Waals surface area contributed by atoms with Crippen molar-refractivity contribution in [3.05, 3.63) is 12.2 Å². The lowest BCUT2D eigenvalue weighted by molar-refractivity contribution is -0.254. The van der Waals surface area contributed by atoms with E-state index in [2.05, 4.69) is 6.58 Å². The summed E-state index contributed by atoms with van der Waals surface area (Å²) >= 11 is 0. The van der Waals surface area contributed by atoms with Gasteiger partial charge in [0.2, 0.25) is 0 Å². The summed E-state index contributed by atoms with van der Waals surface area (Å²) < 4.78 is 23.2. The van der Waals surface area contributed by atoms with E-state index < -0.39 is 46.6 Å². The first kappa shape index (κ1) is 21.1. The smallest absolute Gasteiger partial charge is 0.320 e. The number of aliphatic hydroxyl groups is 1. The molecule has 0 amide bonds. The number of rotatable bonds is 2. The lowest BCUT2D eigenvalue weighted by Crippen LogP contribution is -2.69. The summed E-state index contributed by atoms with van der Waals surface area (Å²) in [6.45, 7) is 7.72. The summed E-state index contributed by atoms with van der Waals surface area (Å²) in [6, 6.07) is 0. The third-order valence-electron chi connectivity index (χ3n) is 8.96. The number of fused-ring (bicyclic) bond motifs is 4. The fraction of sp³-hybridized carbons (Fsp3) is 0.783. The van der Waals surface area contributed by atoms with Crippen molar-refractivity contribution in [2.45, 2.75) is 58.0 Å². The van der Waals surface area contributed by atoms with Gasteiger partial charge < -0.3 is 24.1 Å². The Hall–Kier alpha value is -1.77. The van der Waals surface area contributed by atoms with E-state index in [9.17, 15) is 19.5 Å². The molecule has 5 aliphatic rings. The van der Waals surface area contributed by atoms with Crippen LogP contribution >= 0.6 is 0 Å². The number of methoxy groups -OCH3 is 1. The number of hydrogen-bond acceptors (Lipinski definition) is 8. The topological polar surface area (TPSA) is 108 Å². The van der Waals surface area contributed by atoms with Gasteiger partial charge in [-0.05, 0) is 37.2 Å². The lowest BCUT2D eigenvalue weighted by Gasteiger charge is -2.62. The van der Waals surface area contributed by atoms with Crippen LogP contribution in [0.2, 0.25) is 0 Å². The largest absolute Gasteiger partial charge is 0.464 e. The van der Waals surface area contributed by atoms with E-state index in [1.165, 1.54) is 6.92 Å². The molecule has 1 N–H and O–H groups in total. The number of ketones is 1. The molecule has 3 aliphatic carbocycles. The number of Topliss-reactive ketones (excluding diaryl/α,β-unsaturated/α-hetero) is 1. The summed E-state index contributed by atoms with van der Waals surface area (Å²) in [5.41, 5.74) is -2.34. The number of esters is 2. The van der Waals surface area contributed by atoms with Crippen molar-refractivity contribution in [3.63, 3.8) is 0 Å². The van der Waals surface area contributed by atoms with Crippen LogP contribution in [0.3, 0.4) is 0 Å². The Balaban J connectivity index is 1.66. The fourth-order valence-electron chi connectivity index (χ4n) is 7.90. The van der Waals surface area contributed by atoms with E-state index in [0.29, 0.717) is 37.9 Å². The Morgan fingerprint density at radius 2 is 2.00 bits per heavy atom. The average Bonchev–Trinajstić information content (AvgIpc) is 3.17. The van der Waals surface area contributed by atoms with E-state index in [1.54, 1.807) is 7.11 Å². The van der Waals surface area contributed by atoms with Crippen LogP contribution in [0.4, 0.5) is 0 Å². The van der Waals surface area contributed by atoms with Crippen molar-refractivity contribution in [1.82, 2.24) is 0 Å². The highest BCUT2D eigenvalue weighted by Gasteiger charge is 2.77. The number of cyclic esters (lactones) is 1. The van der Waals surface area contributed by atoms with Gasteiger partial charge in [0.05, 0.1) is 19.3 Å². The number of ether oxygens (including phenoxy) is 4. The van der Waals surface area contributed by atoms with Gasteiger partial charge in [0, 0.05) is 36.7 Å². The Morgan fingerprint density at radius 3 is 2.68 bits per heavy atom. The molecule has 170 valence electrons. The molecule has 0 aromatic heterocycles. The molecule has 0 radical (unpaired) electrons. The molecule has 8 heteroatoms. The highest BCUT2D eigenvalue weighted by molar-refractivity contribution is 6.15. The van der Waals surface area contributed by atoms with Crippen LogP contribution in [-0.4, -0.2) is 61.6 Å². The Labute approximate surface area is 181 Å². The van der Waals surface area contributed by atoms with Crippen LogP contribution in [0.1, 0.15) is 39.5 Å². The molecule has 8 nitrogen and oxygen atoms in total. The standard InChI is InChI=1S/C23H30O8/c1-11-13-7-14(25)16-22(10-30-20(27)23(16,8-13)18(11)26)6-5-15(31-12(2)24)21(3)9-29-19(28-4)17(21)22/h13-17,19,25H,1,5-10H2,2-4H3/t13-,14-,15+,16+,17-,19+,21-,22-,23+/m1/s1. The van der Waals surface area contributed by atoms with Gasteiger partial charge in [-0.1, -0.05) is 13.5 Å². The molecule has 2 heterocycles. The quantitative estimate of drug-likeness (QED) is 0.395. The Bertz CT molecular complexity index is 868. The zero-order valence-electron chi connectivity index (χ0n) is 18.2. The summed E-state index contributed by atoms with van der Waals surface area (Å²) in [7, 11) is 1.56. The second kappa shape index (κ2) is 6.62. The van der Waals surface area contributed by atoms with Gasteiger partial charge in [0.1, 0.15) is 11.5 Å². The van der Waals surface area contributed by atoms with Gasteiger partial charge in [0.25, 0.3) is 0 Å². The monoisotopic (exact) mass is 434 g/mol. The summed E-state index contributed by atoms with van der Waals surface area (Å²) in [5, 5.41) is 11.4. The minimum Gasteiger partial charge on any atom is -0.464 e. The van der Waals surface area contributed by atoms with Gasteiger partial charge in [0.15, 0.2) is 12.1 Å². The van der Waals surface area contributed by atoms with Crippen LogP contribution in [0.25, 0.3) is 0 Å². The molecule has 2 spiro atoms. The van der Waals surface area contributed by atoms with E-state index in [0.717, 1.165) is 0 Å². The van der Waals surface area contributed by atoms with Crippen molar-refractivity contribution in [2.75, 3.05) is 20.3 Å². The van der Waals surface area contributed by atoms with Gasteiger partial charge >= 0.3 is 11.9 Å². The van der Waals surface area contributed by atoms with E-state index in [1.807, 2.05) is 6.92 Å². The molecule has 5 rings (SSSR count). The normalized spacial score (nSPS) is 50.8. The first-order valence-corrected chi connectivity index (χ1v) is 11.0. The fourth-order valence-corrected chi connectivity index (χ4v) is 7.90. The van der Waals surface area contributed by atoms with Crippen LogP contribution < -0.4 is 0 Å². The zero-order chi connectivity index (χ0) is 22.3. The highest BCUT2D eigenvalue weighted by atomic mass is 16.7. The number of carbonyl (C=O) groups is 3. The molecule has 3 saturated carbocycles. The van der Waals surface area contributed by atoms with Gasteiger partial charge in [-0.3, -0.25) is 14.4 Å². The molecule has 31 heavy (non-hydrogen) atoms. The molecule has 0 aromatic carbocycles. The van der Waals surface area contributed by atoms with Crippen molar-refractivity contribution < 1.29 is 38.4 Å². The third kappa shape index (κ3) is 2.44. The molecular formula is C23H30O8. The van der Waals surface area contributed by atoms with Gasteiger partial charge in [-0.25, -0.2) is 0 Å². The molecule has 0 unspecified atom stereocenters. The molecule has 0 aromatic rings. The van der Waals surface area contributed by atoms with Crippen LogP contribution in [0.15, 0.2) is 12.2 Å². The highest BCUT2D eigenvalue weighted by Crippen LogP contribution is 2.70. The molecular weight excluding hydrogens is 404 g/mol. The first-order valence-electron chi connectivity index (χ1n) is 11.0. The van der Waals surface area contributed by atoms with Crippen molar-refractivity contribution in [1.29, 1.82) is 0 Å². The SMILES string of the molecule is C=C1C(=O)[C@]23C[C@H]1C[C@@H](O)[C@H]2[C@@]1(CC[C@H](OC(C)=O)[C@@]2(C)CO[C@H](OC)[C@H]21)COC3=O. The zero-order valence-corrected chi connectivity index (χ0v) is 18.2. The molecule has 2 bridgehead atoms. The third-order valence-corrected chi connectivity index (χ3v) is 8.96. The predicted octanol–water partition coefficient (Wildman–Crippen LogP) is 1.39. The van der Waals surface area contributed by atoms with E-state index in [-0.39, 0.29) is 30.2 Å². The minimum atomic E-state index is -1.41. The van der Waals surface area contributed by atoms with Crippen LogP contribution in [0, 0.1) is 34.0 Å². The number of allylic oxidation sites excluding steroid dienone is 1. The maximum atomic E-state index is 13.4. The summed E-state index contributed by atoms with van der Waals surface area (Å²) in [4.78, 5) is 38.4. The first-order chi connectivity index (χ1) is 14.6. The summed E-state index contributed by atoms with van der Waals surface area (Å²) in [6.07, 6.45) is -0.0672. The maximum absolute atomic E-state index is 13.4. The second-order valence-corrected chi connectivity index (χ2v) is 10.4. The minimum absolute atomic E-state index is 0.0794. The van der Waals surface area contributed by atoms with E-state index in [4.69, 9.17) is 18.9 Å². The lowest BCUT2D eigenvalue weighted by atomic mass is 9.43. The van der Waals surface area contributed by atoms with Crippen LogP contribution in [0.5, 0.6) is 0 Å². The molecule has 2 saturated heterocycles. The second-order valence-electron chi connectivity index (χ2n) is 10.4. The maximum Gasteiger partial charge on any atom is 0.320 e. The van der Waals surface area contributed by atoms with Gasteiger partial charge in [-0.15, -0.1) is 0 Å². The average molecular weight is 434 g/mol. The Kier molecular flexibility index (Phi) is 4.51. The number of aliphatic hydroxyl groups excluding tert-OH is 1. The molecule has 5 fully saturated rings. The molecule has 9 atom stereocenters. The molecule has 2 aliphatic heterocycles. The van der Waals surface area contributed by atoms with Crippen molar-refractivity contribution in [3.8, 4) is 0 Å².